The lowest BCUT2D eigenvalue weighted by Crippen LogP contribution is -1.96. The van der Waals surface area contributed by atoms with Crippen LogP contribution in [-0.2, 0) is 0 Å². The van der Waals surface area contributed by atoms with E-state index >= 15 is 0 Å². The van der Waals surface area contributed by atoms with Crippen molar-refractivity contribution in [1.29, 1.82) is 0 Å². The van der Waals surface area contributed by atoms with Gasteiger partial charge in [-0.3, -0.25) is 0 Å². The molecule has 2 nitrogen and oxygen atoms in total. The van der Waals surface area contributed by atoms with Crippen LogP contribution in [0, 0.1) is 0 Å². The zero-order valence-electron chi connectivity index (χ0n) is 7.04. The third kappa shape index (κ3) is 1.71. The molecule has 1 rings (SSSR count). The first-order valence-corrected chi connectivity index (χ1v) is 4.05. The minimum absolute atomic E-state index is 0.532. The molecule has 0 saturated carbocycles. The Bertz CT molecular complexity index is 271. The van der Waals surface area contributed by atoms with Gasteiger partial charge in [0.05, 0.1) is 18.2 Å². The summed E-state index contributed by atoms with van der Waals surface area (Å²) in [5.41, 5.74) is 0.640. The zero-order chi connectivity index (χ0) is 9.14. The largest absolute Gasteiger partial charge is 0.496 e. The van der Waals surface area contributed by atoms with E-state index in [1.807, 2.05) is 0 Å². The average Bonchev–Trinajstić information content (AvgIpc) is 2.03. The van der Waals surface area contributed by atoms with Gasteiger partial charge in [0.15, 0.2) is 0 Å². The van der Waals surface area contributed by atoms with Crippen LogP contribution in [0.25, 0.3) is 0 Å². The molecule has 66 valence electrons. The van der Waals surface area contributed by atoms with Gasteiger partial charge in [0.1, 0.15) is 5.75 Å². The molecule has 1 aromatic carbocycles. The predicted molar refractivity (Wildman–Crippen MR) is 48.6 cm³/mol. The van der Waals surface area contributed by atoms with Crippen molar-refractivity contribution < 1.29 is 9.84 Å². The van der Waals surface area contributed by atoms with Crippen molar-refractivity contribution in [1.82, 2.24) is 0 Å². The lowest BCUT2D eigenvalue weighted by atomic mass is 10.1. The number of rotatable bonds is 2. The Kier molecular flexibility index (Phi) is 2.95. The highest BCUT2D eigenvalue weighted by Gasteiger charge is 2.11. The molecule has 0 aromatic heterocycles. The number of hydrogen-bond donors (Lipinski definition) is 1. The molecule has 3 heteroatoms. The van der Waals surface area contributed by atoms with E-state index in [1.54, 1.807) is 32.2 Å². The lowest BCUT2D eigenvalue weighted by Gasteiger charge is -2.11. The first-order valence-electron chi connectivity index (χ1n) is 3.67. The summed E-state index contributed by atoms with van der Waals surface area (Å²) >= 11 is 5.86. The van der Waals surface area contributed by atoms with Crippen LogP contribution in [0.3, 0.4) is 0 Å². The molecule has 1 aromatic rings. The van der Waals surface area contributed by atoms with E-state index in [1.165, 1.54) is 0 Å². The second-order valence-electron chi connectivity index (χ2n) is 2.53. The molecular formula is C9H11ClO2. The fraction of sp³-hybridized carbons (Fsp3) is 0.333. The smallest absolute Gasteiger partial charge is 0.126 e. The summed E-state index contributed by atoms with van der Waals surface area (Å²) in [5, 5.41) is 9.88. The number of aliphatic hydroxyl groups is 1. The van der Waals surface area contributed by atoms with Crippen LogP contribution in [0.1, 0.15) is 18.6 Å². The van der Waals surface area contributed by atoms with Gasteiger partial charge in [-0.15, -0.1) is 0 Å². The van der Waals surface area contributed by atoms with E-state index < -0.39 is 6.10 Å². The van der Waals surface area contributed by atoms with Crippen molar-refractivity contribution in [2.75, 3.05) is 7.11 Å². The maximum atomic E-state index is 9.35. The number of aliphatic hydroxyl groups excluding tert-OH is 1. The molecule has 0 spiro atoms. The van der Waals surface area contributed by atoms with E-state index in [0.29, 0.717) is 16.3 Å². The van der Waals surface area contributed by atoms with Crippen molar-refractivity contribution in [3.63, 3.8) is 0 Å². The normalized spacial score (nSPS) is 12.7. The summed E-state index contributed by atoms with van der Waals surface area (Å²) in [5.74, 6) is 0.623. The zero-order valence-corrected chi connectivity index (χ0v) is 7.80. The van der Waals surface area contributed by atoms with Crippen LogP contribution in [0.15, 0.2) is 18.2 Å². The van der Waals surface area contributed by atoms with E-state index in [-0.39, 0.29) is 0 Å². The maximum absolute atomic E-state index is 9.35. The second kappa shape index (κ2) is 3.78. The highest BCUT2D eigenvalue weighted by atomic mass is 35.5. The van der Waals surface area contributed by atoms with Gasteiger partial charge in [-0.2, -0.15) is 0 Å². The third-order valence-corrected chi connectivity index (χ3v) is 1.98. The van der Waals surface area contributed by atoms with Gasteiger partial charge >= 0.3 is 0 Å². The van der Waals surface area contributed by atoms with Gasteiger partial charge in [0.2, 0.25) is 0 Å². The molecule has 0 amide bonds. The Morgan fingerprint density at radius 2 is 2.17 bits per heavy atom. The quantitative estimate of drug-likeness (QED) is 0.769. The Morgan fingerprint density at radius 1 is 1.50 bits per heavy atom. The van der Waals surface area contributed by atoms with Crippen LogP contribution in [-0.4, -0.2) is 12.2 Å². The Hall–Kier alpha value is -0.730. The van der Waals surface area contributed by atoms with Gasteiger partial charge < -0.3 is 9.84 Å². The second-order valence-corrected chi connectivity index (χ2v) is 2.94. The summed E-state index contributed by atoms with van der Waals surface area (Å²) in [7, 11) is 1.55. The van der Waals surface area contributed by atoms with Crippen LogP contribution in [0.4, 0.5) is 0 Å². The number of halogens is 1. The molecular weight excluding hydrogens is 176 g/mol. The Balaban J connectivity index is 3.20. The summed E-state index contributed by atoms with van der Waals surface area (Å²) in [4.78, 5) is 0. The van der Waals surface area contributed by atoms with E-state index in [9.17, 15) is 5.11 Å². The van der Waals surface area contributed by atoms with Crippen LogP contribution >= 0.6 is 11.6 Å². The highest BCUT2D eigenvalue weighted by molar-refractivity contribution is 6.31. The Labute approximate surface area is 76.7 Å². The van der Waals surface area contributed by atoms with Gasteiger partial charge in [0.25, 0.3) is 0 Å². The van der Waals surface area contributed by atoms with Crippen molar-refractivity contribution in [2.45, 2.75) is 13.0 Å². The molecule has 0 unspecified atom stereocenters. The maximum Gasteiger partial charge on any atom is 0.126 e. The standard InChI is InChI=1S/C9H11ClO2/c1-6(11)9-7(10)4-3-5-8(9)12-2/h3-6,11H,1-2H3/t6-/m0/s1. The molecule has 0 fully saturated rings. The monoisotopic (exact) mass is 186 g/mol. The van der Waals surface area contributed by atoms with Crippen molar-refractivity contribution in [3.8, 4) is 5.75 Å². The summed E-state index contributed by atoms with van der Waals surface area (Å²) in [6.07, 6.45) is -0.603. The van der Waals surface area contributed by atoms with Gasteiger partial charge in [0, 0.05) is 5.56 Å². The fourth-order valence-electron chi connectivity index (χ4n) is 1.10. The molecule has 1 atom stereocenters. The van der Waals surface area contributed by atoms with E-state index in [4.69, 9.17) is 16.3 Å². The van der Waals surface area contributed by atoms with Crippen LogP contribution in [0.5, 0.6) is 5.75 Å². The van der Waals surface area contributed by atoms with Gasteiger partial charge in [-0.25, -0.2) is 0 Å². The SMILES string of the molecule is COc1cccc(Cl)c1[C@H](C)O. The molecule has 0 aliphatic rings. The number of benzene rings is 1. The fourth-order valence-corrected chi connectivity index (χ4v) is 1.42. The van der Waals surface area contributed by atoms with Gasteiger partial charge in [-0.05, 0) is 19.1 Å². The topological polar surface area (TPSA) is 29.5 Å². The van der Waals surface area contributed by atoms with Crippen LogP contribution < -0.4 is 4.74 Å². The molecule has 0 aliphatic heterocycles. The van der Waals surface area contributed by atoms with E-state index in [0.717, 1.165) is 0 Å². The average molecular weight is 187 g/mol. The summed E-state index contributed by atoms with van der Waals surface area (Å²) in [6.45, 7) is 1.66. The number of methoxy groups -OCH3 is 1. The van der Waals surface area contributed by atoms with Crippen LogP contribution in [0.2, 0.25) is 5.02 Å². The third-order valence-electron chi connectivity index (χ3n) is 1.65. The first kappa shape index (κ1) is 9.36. The van der Waals surface area contributed by atoms with Gasteiger partial charge in [-0.1, -0.05) is 17.7 Å². The summed E-state index contributed by atoms with van der Waals surface area (Å²) in [6, 6.07) is 5.28. The molecule has 0 radical (unpaired) electrons. The molecule has 12 heavy (non-hydrogen) atoms. The minimum atomic E-state index is -0.603. The molecule has 0 saturated heterocycles. The van der Waals surface area contributed by atoms with Crippen molar-refractivity contribution >= 4 is 11.6 Å². The predicted octanol–water partition coefficient (Wildman–Crippen LogP) is 2.40. The first-order chi connectivity index (χ1) is 5.66. The summed E-state index contributed by atoms with van der Waals surface area (Å²) < 4.78 is 5.04. The number of hydrogen-bond acceptors (Lipinski definition) is 2. The Morgan fingerprint density at radius 3 is 2.58 bits per heavy atom. The highest BCUT2D eigenvalue weighted by Crippen LogP contribution is 2.31. The molecule has 1 N–H and O–H groups in total. The number of ether oxygens (including phenoxy) is 1. The van der Waals surface area contributed by atoms with Crippen molar-refractivity contribution in [2.24, 2.45) is 0 Å². The minimum Gasteiger partial charge on any atom is -0.496 e. The molecule has 0 aliphatic carbocycles. The van der Waals surface area contributed by atoms with E-state index in [2.05, 4.69) is 0 Å². The molecule has 0 heterocycles. The van der Waals surface area contributed by atoms with Crippen molar-refractivity contribution in [3.05, 3.63) is 28.8 Å². The molecule has 0 bridgehead atoms. The lowest BCUT2D eigenvalue weighted by molar-refractivity contribution is 0.194.